The summed E-state index contributed by atoms with van der Waals surface area (Å²) >= 11 is 0. The van der Waals surface area contributed by atoms with E-state index in [4.69, 9.17) is 4.74 Å². The van der Waals surface area contributed by atoms with Crippen molar-refractivity contribution >= 4 is 11.5 Å². The number of rotatable bonds is 5. The zero-order valence-electron chi connectivity index (χ0n) is 14.2. The molecule has 0 unspecified atom stereocenters. The number of hydrogen-bond acceptors (Lipinski definition) is 5. The maximum atomic E-state index is 5.20. The Kier molecular flexibility index (Phi) is 4.30. The van der Waals surface area contributed by atoms with Gasteiger partial charge in [0.25, 0.3) is 0 Å². The Morgan fingerprint density at radius 1 is 0.923 bits per heavy atom. The van der Waals surface area contributed by atoms with Gasteiger partial charge in [-0.1, -0.05) is 30.3 Å². The van der Waals surface area contributed by atoms with Gasteiger partial charge in [-0.15, -0.1) is 0 Å². The Bertz CT molecular complexity index is 983. The topological polar surface area (TPSA) is 64.9 Å². The fourth-order valence-corrected chi connectivity index (χ4v) is 2.56. The van der Waals surface area contributed by atoms with E-state index in [1.165, 1.54) is 0 Å². The van der Waals surface area contributed by atoms with E-state index in [9.17, 15) is 0 Å². The molecule has 0 saturated carbocycles. The van der Waals surface area contributed by atoms with Crippen LogP contribution in [0.3, 0.4) is 0 Å². The van der Waals surface area contributed by atoms with Crippen LogP contribution in [0, 0.1) is 0 Å². The van der Waals surface area contributed by atoms with Gasteiger partial charge in [-0.25, -0.2) is 14.6 Å². The summed E-state index contributed by atoms with van der Waals surface area (Å²) in [6.07, 6.45) is 3.58. The largest absolute Gasteiger partial charge is 0.497 e. The average molecular weight is 343 g/mol. The first kappa shape index (κ1) is 15.8. The van der Waals surface area contributed by atoms with E-state index in [1.807, 2.05) is 72.9 Å². The van der Waals surface area contributed by atoms with E-state index in [-0.39, 0.29) is 0 Å². The van der Waals surface area contributed by atoms with E-state index in [0.717, 1.165) is 17.0 Å². The molecular weight excluding hydrogens is 326 g/mol. The molecule has 0 atom stereocenters. The molecule has 0 radical (unpaired) electrons. The smallest absolute Gasteiger partial charge is 0.163 e. The monoisotopic (exact) mass is 343 g/mol. The number of ether oxygens (including phenoxy) is 1. The van der Waals surface area contributed by atoms with E-state index in [1.54, 1.807) is 18.0 Å². The standard InChI is InChI=1S/C20H17N5O/c1-26-17-10-8-16(9-11-17)22-18-14-19(25-13-5-12-21-25)24-20(23-18)15-6-3-2-4-7-15/h2-14H,1H3,(H,22,23,24). The molecular formula is C20H17N5O. The second-order valence-electron chi connectivity index (χ2n) is 5.61. The highest BCUT2D eigenvalue weighted by molar-refractivity contribution is 5.63. The fraction of sp³-hybridized carbons (Fsp3) is 0.0500. The third kappa shape index (κ3) is 3.39. The molecule has 6 nitrogen and oxygen atoms in total. The van der Waals surface area contributed by atoms with Crippen molar-refractivity contribution in [1.82, 2.24) is 19.7 Å². The molecule has 128 valence electrons. The van der Waals surface area contributed by atoms with Gasteiger partial charge in [-0.2, -0.15) is 5.10 Å². The van der Waals surface area contributed by atoms with Gasteiger partial charge in [0, 0.05) is 29.7 Å². The Hall–Kier alpha value is -3.67. The minimum absolute atomic E-state index is 0.634. The summed E-state index contributed by atoms with van der Waals surface area (Å²) in [5, 5.41) is 7.59. The van der Waals surface area contributed by atoms with E-state index < -0.39 is 0 Å². The first-order valence-electron chi connectivity index (χ1n) is 8.17. The van der Waals surface area contributed by atoms with Gasteiger partial charge < -0.3 is 10.1 Å². The zero-order valence-corrected chi connectivity index (χ0v) is 14.2. The van der Waals surface area contributed by atoms with Gasteiger partial charge in [-0.3, -0.25) is 0 Å². The summed E-state index contributed by atoms with van der Waals surface area (Å²) in [6.45, 7) is 0. The second kappa shape index (κ2) is 7.06. The van der Waals surface area contributed by atoms with Crippen molar-refractivity contribution in [3.8, 4) is 23.0 Å². The maximum Gasteiger partial charge on any atom is 0.163 e. The highest BCUT2D eigenvalue weighted by Crippen LogP contribution is 2.23. The lowest BCUT2D eigenvalue weighted by molar-refractivity contribution is 0.415. The number of benzene rings is 2. The third-order valence-corrected chi connectivity index (χ3v) is 3.85. The lowest BCUT2D eigenvalue weighted by Crippen LogP contribution is -2.04. The van der Waals surface area contributed by atoms with Crippen molar-refractivity contribution in [2.75, 3.05) is 12.4 Å². The highest BCUT2D eigenvalue weighted by atomic mass is 16.5. The van der Waals surface area contributed by atoms with Gasteiger partial charge in [0.1, 0.15) is 11.6 Å². The molecule has 0 bridgehead atoms. The van der Waals surface area contributed by atoms with Crippen molar-refractivity contribution in [2.45, 2.75) is 0 Å². The van der Waals surface area contributed by atoms with Crippen molar-refractivity contribution in [1.29, 1.82) is 0 Å². The summed E-state index contributed by atoms with van der Waals surface area (Å²) in [6, 6.07) is 21.3. The van der Waals surface area contributed by atoms with Crippen molar-refractivity contribution < 1.29 is 4.74 Å². The molecule has 6 heteroatoms. The summed E-state index contributed by atoms with van der Waals surface area (Å²) in [4.78, 5) is 9.30. The van der Waals surface area contributed by atoms with Crippen LogP contribution in [-0.4, -0.2) is 26.9 Å². The molecule has 1 N–H and O–H groups in total. The summed E-state index contributed by atoms with van der Waals surface area (Å²) in [5.41, 5.74) is 1.86. The highest BCUT2D eigenvalue weighted by Gasteiger charge is 2.09. The predicted molar refractivity (Wildman–Crippen MR) is 101 cm³/mol. The lowest BCUT2D eigenvalue weighted by Gasteiger charge is -2.11. The Morgan fingerprint density at radius 2 is 1.73 bits per heavy atom. The van der Waals surface area contributed by atoms with Gasteiger partial charge in [0.15, 0.2) is 11.6 Å². The van der Waals surface area contributed by atoms with Crippen LogP contribution in [0.4, 0.5) is 11.5 Å². The van der Waals surface area contributed by atoms with E-state index in [2.05, 4.69) is 20.4 Å². The van der Waals surface area contributed by atoms with Gasteiger partial charge in [0.05, 0.1) is 7.11 Å². The van der Waals surface area contributed by atoms with Crippen molar-refractivity contribution in [2.24, 2.45) is 0 Å². The van der Waals surface area contributed by atoms with Crippen LogP contribution in [0.15, 0.2) is 79.1 Å². The van der Waals surface area contributed by atoms with Gasteiger partial charge >= 0.3 is 0 Å². The molecule has 2 aromatic heterocycles. The van der Waals surface area contributed by atoms with Crippen LogP contribution in [0.25, 0.3) is 17.2 Å². The number of methoxy groups -OCH3 is 1. The minimum atomic E-state index is 0.634. The molecule has 0 fully saturated rings. The third-order valence-electron chi connectivity index (χ3n) is 3.85. The molecule has 0 aliphatic heterocycles. The molecule has 4 aromatic rings. The molecule has 0 amide bonds. The SMILES string of the molecule is COc1ccc(Nc2cc(-n3cccn3)nc(-c3ccccc3)n2)cc1. The molecule has 0 aliphatic rings. The lowest BCUT2D eigenvalue weighted by atomic mass is 10.2. The fourth-order valence-electron chi connectivity index (χ4n) is 2.56. The predicted octanol–water partition coefficient (Wildman–Crippen LogP) is 4.08. The molecule has 0 spiro atoms. The molecule has 0 saturated heterocycles. The van der Waals surface area contributed by atoms with Crippen LogP contribution < -0.4 is 10.1 Å². The van der Waals surface area contributed by atoms with E-state index >= 15 is 0 Å². The molecule has 26 heavy (non-hydrogen) atoms. The number of nitrogens with one attached hydrogen (secondary N) is 1. The Labute approximate surface area is 151 Å². The average Bonchev–Trinajstić information content (AvgIpc) is 3.24. The van der Waals surface area contributed by atoms with Crippen molar-refractivity contribution in [3.05, 3.63) is 79.1 Å². The molecule has 2 aromatic carbocycles. The molecule has 0 aliphatic carbocycles. The van der Waals surface area contributed by atoms with Crippen molar-refractivity contribution in [3.63, 3.8) is 0 Å². The van der Waals surface area contributed by atoms with Crippen LogP contribution in [-0.2, 0) is 0 Å². The Morgan fingerprint density at radius 3 is 2.42 bits per heavy atom. The number of anilines is 2. The quantitative estimate of drug-likeness (QED) is 0.591. The maximum absolute atomic E-state index is 5.20. The Balaban J connectivity index is 1.74. The van der Waals surface area contributed by atoms with Gasteiger partial charge in [-0.05, 0) is 30.3 Å². The number of aromatic nitrogens is 4. The van der Waals surface area contributed by atoms with Crippen LogP contribution in [0.5, 0.6) is 5.75 Å². The zero-order chi connectivity index (χ0) is 17.8. The van der Waals surface area contributed by atoms with Crippen LogP contribution in [0.1, 0.15) is 0 Å². The summed E-state index contributed by atoms with van der Waals surface area (Å²) in [7, 11) is 1.65. The number of nitrogens with zero attached hydrogens (tertiary/aromatic N) is 4. The van der Waals surface area contributed by atoms with Gasteiger partial charge in [0.2, 0.25) is 0 Å². The second-order valence-corrected chi connectivity index (χ2v) is 5.61. The van der Waals surface area contributed by atoms with Crippen LogP contribution in [0.2, 0.25) is 0 Å². The van der Waals surface area contributed by atoms with E-state index in [0.29, 0.717) is 17.5 Å². The van der Waals surface area contributed by atoms with Crippen LogP contribution >= 0.6 is 0 Å². The minimum Gasteiger partial charge on any atom is -0.497 e. The first-order valence-corrected chi connectivity index (χ1v) is 8.17. The summed E-state index contributed by atoms with van der Waals surface area (Å²) < 4.78 is 6.92. The first-order chi connectivity index (χ1) is 12.8. The summed E-state index contributed by atoms with van der Waals surface area (Å²) in [5.74, 6) is 2.82. The normalized spacial score (nSPS) is 10.5. The molecule has 2 heterocycles. The molecule has 4 rings (SSSR count). The number of hydrogen-bond donors (Lipinski definition) is 1.